The van der Waals surface area contributed by atoms with Gasteiger partial charge in [0, 0.05) is 40.7 Å². The minimum atomic E-state index is -0.546. The van der Waals surface area contributed by atoms with Gasteiger partial charge in [-0.25, -0.2) is 9.37 Å². The summed E-state index contributed by atoms with van der Waals surface area (Å²) in [6.07, 6.45) is 6.10. The second kappa shape index (κ2) is 11.9. The zero-order chi connectivity index (χ0) is 31.2. The number of ether oxygens (including phenoxy) is 1. The summed E-state index contributed by atoms with van der Waals surface area (Å²) >= 11 is 6.99. The number of benzene rings is 3. The lowest BCUT2D eigenvalue weighted by Gasteiger charge is -2.31. The zero-order valence-corrected chi connectivity index (χ0v) is 26.1. The summed E-state index contributed by atoms with van der Waals surface area (Å²) in [6.45, 7) is 3.86. The predicted octanol–water partition coefficient (Wildman–Crippen LogP) is 7.74. The molecular formula is C36H34ClFN6O. The number of likely N-dealkylation sites (N-methyl/N-ethyl adjacent to an activating group) is 1. The van der Waals surface area contributed by atoms with Gasteiger partial charge in [-0.15, -0.1) is 0 Å². The molecule has 7 rings (SSSR count). The molecule has 0 spiro atoms. The molecule has 0 radical (unpaired) electrons. The number of nitriles is 2. The van der Waals surface area contributed by atoms with Crippen LogP contribution >= 0.6 is 11.6 Å². The molecule has 2 aliphatic rings. The van der Waals surface area contributed by atoms with Gasteiger partial charge < -0.3 is 14.6 Å². The van der Waals surface area contributed by atoms with E-state index in [1.165, 1.54) is 0 Å². The van der Waals surface area contributed by atoms with E-state index in [0.29, 0.717) is 34.2 Å². The maximum absolute atomic E-state index is 17.1. The van der Waals surface area contributed by atoms with E-state index in [2.05, 4.69) is 40.9 Å². The van der Waals surface area contributed by atoms with Gasteiger partial charge >= 0.3 is 0 Å². The van der Waals surface area contributed by atoms with E-state index in [4.69, 9.17) is 21.3 Å². The van der Waals surface area contributed by atoms with Crippen molar-refractivity contribution in [2.24, 2.45) is 0 Å². The Labute approximate surface area is 266 Å². The number of hydrogen-bond donors (Lipinski definition) is 1. The van der Waals surface area contributed by atoms with Crippen molar-refractivity contribution >= 4 is 44.2 Å². The number of pyridine rings is 1. The fourth-order valence-electron chi connectivity index (χ4n) is 7.53. The second-order valence-electron chi connectivity index (χ2n) is 12.4. The summed E-state index contributed by atoms with van der Waals surface area (Å²) in [5.74, 6) is -0.148. The van der Waals surface area contributed by atoms with Crippen molar-refractivity contribution < 1.29 is 9.13 Å². The van der Waals surface area contributed by atoms with E-state index < -0.39 is 5.82 Å². The van der Waals surface area contributed by atoms with Crippen LogP contribution in [0.2, 0.25) is 5.02 Å². The summed E-state index contributed by atoms with van der Waals surface area (Å²) in [7, 11) is 2.11. The summed E-state index contributed by atoms with van der Waals surface area (Å²) in [6, 6.07) is 19.8. The fraction of sp³-hybridized carbons (Fsp3) is 0.361. The number of likely N-dealkylation sites (tertiary alicyclic amines) is 1. The predicted molar refractivity (Wildman–Crippen MR) is 176 cm³/mol. The Morgan fingerprint density at radius 1 is 1.16 bits per heavy atom. The van der Waals surface area contributed by atoms with Crippen molar-refractivity contribution in [1.29, 1.82) is 10.5 Å². The topological polar surface area (TPSA) is 89.9 Å². The van der Waals surface area contributed by atoms with Crippen molar-refractivity contribution in [2.45, 2.75) is 63.3 Å². The largest absolute Gasteiger partial charge is 0.472 e. The molecule has 0 bridgehead atoms. The quantitative estimate of drug-likeness (QED) is 0.209. The monoisotopic (exact) mass is 620 g/mol. The number of halogens is 2. The van der Waals surface area contributed by atoms with Crippen LogP contribution in [0.25, 0.3) is 43.7 Å². The highest BCUT2D eigenvalue weighted by Crippen LogP contribution is 2.44. The van der Waals surface area contributed by atoms with Gasteiger partial charge in [-0.05, 0) is 81.9 Å². The van der Waals surface area contributed by atoms with Gasteiger partial charge in [-0.2, -0.15) is 10.5 Å². The fourth-order valence-corrected chi connectivity index (χ4v) is 7.83. The summed E-state index contributed by atoms with van der Waals surface area (Å²) in [5, 5.41) is 25.9. The molecule has 1 unspecified atom stereocenters. The SMILES string of the molecule is C[C@H](Oc1nc2c(F)c(-c3cccc4cccc(C#N)c34)c(Cl)cc2c2c1ccn2[C@H]1CCN[C@H](CC#N)C1)C1CCCN1C. The number of piperidine rings is 1. The molecular weight excluding hydrogens is 587 g/mol. The lowest BCUT2D eigenvalue weighted by atomic mass is 9.93. The Kier molecular flexibility index (Phi) is 7.83. The summed E-state index contributed by atoms with van der Waals surface area (Å²) in [4.78, 5) is 7.19. The van der Waals surface area contributed by atoms with Crippen LogP contribution in [0.5, 0.6) is 5.88 Å². The lowest BCUT2D eigenvalue weighted by molar-refractivity contribution is 0.119. The summed E-state index contributed by atoms with van der Waals surface area (Å²) in [5.41, 5.74) is 2.22. The Morgan fingerprint density at radius 2 is 1.98 bits per heavy atom. The molecule has 0 amide bonds. The molecule has 0 saturated carbocycles. The first kappa shape index (κ1) is 29.5. The molecule has 0 aliphatic carbocycles. The van der Waals surface area contributed by atoms with Gasteiger partial charge in [0.1, 0.15) is 11.6 Å². The number of nitrogens with zero attached hydrogens (tertiary/aromatic N) is 5. The molecule has 228 valence electrons. The van der Waals surface area contributed by atoms with Gasteiger partial charge in [0.25, 0.3) is 0 Å². The standard InChI is InChI=1S/C36H34ClFN6O/c1-21(30-10-5-16-43(30)2)45-36-27-13-17-44(25-12-15-41-24(18-25)11-14-39)35(27)28-19-29(37)32(33(38)34(28)42-36)26-9-4-7-22-6-3-8-23(20-40)31(22)26/h3-4,6-9,13,17,19,21,24-25,30,41H,5,10-12,15-16,18H2,1-2H3/t21-,24+,25-,30?/m0/s1. The number of fused-ring (bicyclic) bond motifs is 4. The van der Waals surface area contributed by atoms with E-state index in [0.717, 1.165) is 55.1 Å². The van der Waals surface area contributed by atoms with Crippen molar-refractivity contribution in [3.05, 3.63) is 71.1 Å². The Morgan fingerprint density at radius 3 is 2.73 bits per heavy atom. The Bertz CT molecular complexity index is 2020. The minimum absolute atomic E-state index is 0.0839. The highest BCUT2D eigenvalue weighted by atomic mass is 35.5. The van der Waals surface area contributed by atoms with E-state index in [9.17, 15) is 10.5 Å². The first-order valence-corrected chi connectivity index (χ1v) is 16.0. The van der Waals surface area contributed by atoms with Gasteiger partial charge in [-0.1, -0.05) is 41.9 Å². The second-order valence-corrected chi connectivity index (χ2v) is 12.8. The molecule has 9 heteroatoms. The molecule has 7 nitrogen and oxygen atoms in total. The molecule has 4 heterocycles. The maximum atomic E-state index is 17.1. The van der Waals surface area contributed by atoms with E-state index in [1.54, 1.807) is 18.2 Å². The van der Waals surface area contributed by atoms with Crippen LogP contribution in [0.4, 0.5) is 4.39 Å². The van der Waals surface area contributed by atoms with Crippen molar-refractivity contribution in [3.63, 3.8) is 0 Å². The molecule has 2 aromatic heterocycles. The van der Waals surface area contributed by atoms with Gasteiger partial charge in [-0.3, -0.25) is 4.90 Å². The molecule has 4 atom stereocenters. The van der Waals surface area contributed by atoms with E-state index in [1.807, 2.05) is 36.5 Å². The number of nitrogens with one attached hydrogen (secondary N) is 1. The van der Waals surface area contributed by atoms with Gasteiger partial charge in [0.15, 0.2) is 5.82 Å². The van der Waals surface area contributed by atoms with E-state index >= 15 is 4.39 Å². The molecule has 45 heavy (non-hydrogen) atoms. The molecule has 2 saturated heterocycles. The van der Waals surface area contributed by atoms with E-state index in [-0.39, 0.29) is 40.3 Å². The van der Waals surface area contributed by atoms with Crippen LogP contribution in [-0.2, 0) is 0 Å². The average molecular weight is 621 g/mol. The third-order valence-corrected chi connectivity index (χ3v) is 10.0. The molecule has 2 aliphatic heterocycles. The highest BCUT2D eigenvalue weighted by Gasteiger charge is 2.31. The van der Waals surface area contributed by atoms with Crippen LogP contribution in [0.3, 0.4) is 0 Å². The van der Waals surface area contributed by atoms with Gasteiger partial charge in [0.2, 0.25) is 5.88 Å². The van der Waals surface area contributed by atoms with Crippen LogP contribution in [0.15, 0.2) is 54.7 Å². The molecule has 3 aromatic carbocycles. The van der Waals surface area contributed by atoms with Crippen molar-refractivity contribution in [3.8, 4) is 29.1 Å². The third-order valence-electron chi connectivity index (χ3n) is 9.72. The highest BCUT2D eigenvalue weighted by molar-refractivity contribution is 6.35. The number of hydrogen-bond acceptors (Lipinski definition) is 6. The Balaban J connectivity index is 1.46. The normalized spacial score (nSPS) is 21.2. The first-order chi connectivity index (χ1) is 21.9. The Hall–Kier alpha value is -4.21. The van der Waals surface area contributed by atoms with Crippen LogP contribution in [-0.4, -0.2) is 52.8 Å². The average Bonchev–Trinajstić information content (AvgIpc) is 3.69. The maximum Gasteiger partial charge on any atom is 0.223 e. The van der Waals surface area contributed by atoms with Crippen LogP contribution in [0, 0.1) is 28.5 Å². The number of aromatic nitrogens is 2. The van der Waals surface area contributed by atoms with Crippen molar-refractivity contribution in [1.82, 2.24) is 19.8 Å². The lowest BCUT2D eigenvalue weighted by Crippen LogP contribution is -2.38. The molecule has 1 N–H and O–H groups in total. The smallest absolute Gasteiger partial charge is 0.223 e. The van der Waals surface area contributed by atoms with Gasteiger partial charge in [0.05, 0.1) is 40.0 Å². The van der Waals surface area contributed by atoms with Crippen LogP contribution < -0.4 is 10.1 Å². The van der Waals surface area contributed by atoms with Crippen LogP contribution in [0.1, 0.15) is 50.6 Å². The first-order valence-electron chi connectivity index (χ1n) is 15.6. The summed E-state index contributed by atoms with van der Waals surface area (Å²) < 4.78 is 25.9. The zero-order valence-electron chi connectivity index (χ0n) is 25.4. The van der Waals surface area contributed by atoms with Crippen molar-refractivity contribution in [2.75, 3.05) is 20.1 Å². The molecule has 2 fully saturated rings. The number of rotatable bonds is 6. The minimum Gasteiger partial charge on any atom is -0.472 e. The third kappa shape index (κ3) is 5.08. The molecule has 5 aromatic rings.